The van der Waals surface area contributed by atoms with Gasteiger partial charge in [-0.3, -0.25) is 0 Å². The lowest BCUT2D eigenvalue weighted by molar-refractivity contribution is 0.275. The summed E-state index contributed by atoms with van der Waals surface area (Å²) in [6.45, 7) is -0.226. The molecule has 0 saturated heterocycles. The second-order valence-corrected chi connectivity index (χ2v) is 4.14. The highest BCUT2D eigenvalue weighted by Crippen LogP contribution is 2.24. The van der Waals surface area contributed by atoms with Gasteiger partial charge in [-0.2, -0.15) is 0 Å². The Bertz CT molecular complexity index is 514. The molecule has 0 radical (unpaired) electrons. The third-order valence-electron chi connectivity index (χ3n) is 2.08. The molecule has 1 N–H and O–H groups in total. The van der Waals surface area contributed by atoms with Gasteiger partial charge < -0.3 is 9.84 Å². The largest absolute Gasteiger partial charge is 0.439 e. The van der Waals surface area contributed by atoms with Crippen molar-refractivity contribution in [2.75, 3.05) is 0 Å². The van der Waals surface area contributed by atoms with Crippen molar-refractivity contribution in [3.05, 3.63) is 52.1 Å². The number of pyridine rings is 1. The molecule has 0 bridgehead atoms. The first-order valence-corrected chi connectivity index (χ1v) is 5.64. The van der Waals surface area contributed by atoms with Crippen molar-refractivity contribution in [2.45, 2.75) is 6.61 Å². The molecule has 1 aromatic carbocycles. The van der Waals surface area contributed by atoms with E-state index in [1.54, 1.807) is 36.4 Å². The number of halogens is 2. The molecule has 88 valence electrons. The molecule has 3 nitrogen and oxygen atoms in total. The molecule has 0 aliphatic carbocycles. The Labute approximate surface area is 109 Å². The van der Waals surface area contributed by atoms with Crippen molar-refractivity contribution in [2.24, 2.45) is 0 Å². The van der Waals surface area contributed by atoms with E-state index in [0.717, 1.165) is 0 Å². The molecule has 0 aliphatic heterocycles. The summed E-state index contributed by atoms with van der Waals surface area (Å²) in [6, 6.07) is 10.2. The van der Waals surface area contributed by atoms with E-state index in [0.29, 0.717) is 27.4 Å². The zero-order chi connectivity index (χ0) is 12.3. The molecule has 2 rings (SSSR count). The molecule has 0 saturated carbocycles. The minimum atomic E-state index is -0.226. The molecule has 0 amide bonds. The average Bonchev–Trinajstić information content (AvgIpc) is 2.34. The summed E-state index contributed by atoms with van der Waals surface area (Å²) >= 11 is 11.6. The number of ether oxygens (including phenoxy) is 1. The summed E-state index contributed by atoms with van der Waals surface area (Å²) in [7, 11) is 0. The third kappa shape index (κ3) is 3.09. The first kappa shape index (κ1) is 12.2. The van der Waals surface area contributed by atoms with Crippen LogP contribution in [-0.2, 0) is 6.61 Å². The van der Waals surface area contributed by atoms with E-state index in [4.69, 9.17) is 33.0 Å². The summed E-state index contributed by atoms with van der Waals surface area (Å²) in [5.41, 5.74) is 0.387. The normalized spacial score (nSPS) is 10.3. The first-order valence-electron chi connectivity index (χ1n) is 4.89. The minimum absolute atomic E-state index is 0.226. The lowest BCUT2D eigenvalue weighted by atomic mass is 10.3. The van der Waals surface area contributed by atoms with Gasteiger partial charge in [-0.15, -0.1) is 0 Å². The van der Waals surface area contributed by atoms with E-state index in [9.17, 15) is 0 Å². The zero-order valence-corrected chi connectivity index (χ0v) is 10.2. The van der Waals surface area contributed by atoms with Gasteiger partial charge in [-0.1, -0.05) is 23.2 Å². The zero-order valence-electron chi connectivity index (χ0n) is 8.73. The van der Waals surface area contributed by atoms with Crippen LogP contribution >= 0.6 is 23.2 Å². The predicted molar refractivity (Wildman–Crippen MR) is 66.7 cm³/mol. The maximum absolute atomic E-state index is 9.03. The van der Waals surface area contributed by atoms with Crippen molar-refractivity contribution >= 4 is 23.2 Å². The summed E-state index contributed by atoms with van der Waals surface area (Å²) < 4.78 is 5.49. The van der Waals surface area contributed by atoms with Crippen LogP contribution in [0.15, 0.2) is 36.4 Å². The van der Waals surface area contributed by atoms with Crippen molar-refractivity contribution in [1.82, 2.24) is 4.98 Å². The Kier molecular flexibility index (Phi) is 3.84. The lowest BCUT2D eigenvalue weighted by Gasteiger charge is -2.06. The fourth-order valence-corrected chi connectivity index (χ4v) is 1.55. The fourth-order valence-electron chi connectivity index (χ4n) is 1.26. The molecular weight excluding hydrogens is 261 g/mol. The van der Waals surface area contributed by atoms with Crippen LogP contribution in [0.4, 0.5) is 0 Å². The van der Waals surface area contributed by atoms with Crippen molar-refractivity contribution in [3.8, 4) is 11.6 Å². The number of aromatic nitrogens is 1. The Hall–Kier alpha value is -1.29. The third-order valence-corrected chi connectivity index (χ3v) is 2.68. The number of nitrogens with zero attached hydrogens (tertiary/aromatic N) is 1. The number of benzene rings is 1. The van der Waals surface area contributed by atoms with E-state index in [1.807, 2.05) is 0 Å². The highest BCUT2D eigenvalue weighted by atomic mass is 35.5. The quantitative estimate of drug-likeness (QED) is 0.925. The van der Waals surface area contributed by atoms with Crippen LogP contribution in [0.2, 0.25) is 10.0 Å². The van der Waals surface area contributed by atoms with Gasteiger partial charge >= 0.3 is 0 Å². The number of aliphatic hydroxyl groups is 1. The van der Waals surface area contributed by atoms with Crippen LogP contribution in [0.25, 0.3) is 0 Å². The first-order chi connectivity index (χ1) is 8.19. The SMILES string of the molecule is OCc1nc(Oc2ccc(Cl)cc2)ccc1Cl. The maximum atomic E-state index is 9.03. The van der Waals surface area contributed by atoms with E-state index < -0.39 is 0 Å². The molecule has 1 heterocycles. The highest BCUT2D eigenvalue weighted by Gasteiger charge is 2.04. The van der Waals surface area contributed by atoms with Crippen LogP contribution in [0.1, 0.15) is 5.69 Å². The van der Waals surface area contributed by atoms with Gasteiger partial charge in [-0.25, -0.2) is 4.98 Å². The molecule has 0 atom stereocenters. The van der Waals surface area contributed by atoms with E-state index in [1.165, 1.54) is 0 Å². The summed E-state index contributed by atoms with van der Waals surface area (Å²) in [6.07, 6.45) is 0. The summed E-state index contributed by atoms with van der Waals surface area (Å²) in [5, 5.41) is 10.1. The van der Waals surface area contributed by atoms with Crippen molar-refractivity contribution in [3.63, 3.8) is 0 Å². The molecule has 0 spiro atoms. The molecule has 2 aromatic rings. The molecule has 17 heavy (non-hydrogen) atoms. The van der Waals surface area contributed by atoms with Crippen LogP contribution in [0, 0.1) is 0 Å². The number of aliphatic hydroxyl groups excluding tert-OH is 1. The molecule has 5 heteroatoms. The number of rotatable bonds is 3. The average molecular weight is 270 g/mol. The van der Waals surface area contributed by atoms with Crippen LogP contribution in [0.5, 0.6) is 11.6 Å². The second-order valence-electron chi connectivity index (χ2n) is 3.29. The maximum Gasteiger partial charge on any atom is 0.219 e. The van der Waals surface area contributed by atoms with Gasteiger partial charge in [0.2, 0.25) is 5.88 Å². The minimum Gasteiger partial charge on any atom is -0.439 e. The Morgan fingerprint density at radius 1 is 1.06 bits per heavy atom. The van der Waals surface area contributed by atoms with Crippen molar-refractivity contribution < 1.29 is 9.84 Å². The van der Waals surface area contributed by atoms with Gasteiger partial charge in [0, 0.05) is 11.1 Å². The van der Waals surface area contributed by atoms with Crippen LogP contribution in [0.3, 0.4) is 0 Å². The van der Waals surface area contributed by atoms with Gasteiger partial charge in [-0.05, 0) is 30.3 Å². The van der Waals surface area contributed by atoms with Gasteiger partial charge in [0.25, 0.3) is 0 Å². The fraction of sp³-hybridized carbons (Fsp3) is 0.0833. The Morgan fingerprint density at radius 2 is 1.76 bits per heavy atom. The molecule has 0 unspecified atom stereocenters. The Balaban J connectivity index is 2.21. The van der Waals surface area contributed by atoms with E-state index in [-0.39, 0.29) is 6.61 Å². The second kappa shape index (κ2) is 5.36. The molecular formula is C12H9Cl2NO2. The summed E-state index contributed by atoms with van der Waals surface area (Å²) in [5.74, 6) is 0.994. The smallest absolute Gasteiger partial charge is 0.219 e. The molecule has 0 aliphatic rings. The standard InChI is InChI=1S/C12H9Cl2NO2/c13-8-1-3-9(4-2-8)17-12-6-5-10(14)11(7-16)15-12/h1-6,16H,7H2. The van der Waals surface area contributed by atoms with Gasteiger partial charge in [0.15, 0.2) is 0 Å². The van der Waals surface area contributed by atoms with Crippen LogP contribution in [-0.4, -0.2) is 10.1 Å². The van der Waals surface area contributed by atoms with Gasteiger partial charge in [0.05, 0.1) is 17.3 Å². The Morgan fingerprint density at radius 3 is 2.41 bits per heavy atom. The monoisotopic (exact) mass is 269 g/mol. The van der Waals surface area contributed by atoms with Crippen molar-refractivity contribution in [1.29, 1.82) is 0 Å². The lowest BCUT2D eigenvalue weighted by Crippen LogP contribution is -1.94. The molecule has 1 aromatic heterocycles. The number of hydrogen-bond donors (Lipinski definition) is 1. The van der Waals surface area contributed by atoms with Crippen LogP contribution < -0.4 is 4.74 Å². The highest BCUT2D eigenvalue weighted by molar-refractivity contribution is 6.31. The van der Waals surface area contributed by atoms with E-state index in [2.05, 4.69) is 4.98 Å². The van der Waals surface area contributed by atoms with Gasteiger partial charge in [0.1, 0.15) is 5.75 Å². The number of hydrogen-bond acceptors (Lipinski definition) is 3. The summed E-state index contributed by atoms with van der Waals surface area (Å²) in [4.78, 5) is 4.07. The topological polar surface area (TPSA) is 42.4 Å². The molecule has 0 fully saturated rings. The van der Waals surface area contributed by atoms with E-state index >= 15 is 0 Å². The predicted octanol–water partition coefficient (Wildman–Crippen LogP) is 3.67.